The Labute approximate surface area is 166 Å². The summed E-state index contributed by atoms with van der Waals surface area (Å²) in [5, 5.41) is 3.84. The van der Waals surface area contributed by atoms with E-state index < -0.39 is 10.8 Å². The van der Waals surface area contributed by atoms with Gasteiger partial charge in [0.2, 0.25) is 0 Å². The second-order valence-corrected chi connectivity index (χ2v) is 8.14. The molecule has 3 heterocycles. The molecule has 8 heteroatoms. The van der Waals surface area contributed by atoms with Gasteiger partial charge < -0.3 is 19.8 Å². The maximum absolute atomic E-state index is 13.0. The molecule has 1 aliphatic rings. The molecular formula is C20H24N4O3S. The SMILES string of the molecule is COCCCOc1ccnc(CS(=O)c2nc3c4c(ccc3[nH]2)NCC4)c1C. The van der Waals surface area contributed by atoms with E-state index in [1.807, 2.05) is 25.1 Å². The number of imidazole rings is 1. The van der Waals surface area contributed by atoms with E-state index in [4.69, 9.17) is 9.47 Å². The molecule has 1 unspecified atom stereocenters. The number of ether oxygens (including phenoxy) is 2. The molecular weight excluding hydrogens is 376 g/mol. The third kappa shape index (κ3) is 3.74. The summed E-state index contributed by atoms with van der Waals surface area (Å²) in [4.78, 5) is 12.3. The summed E-state index contributed by atoms with van der Waals surface area (Å²) in [5.74, 6) is 1.06. The van der Waals surface area contributed by atoms with Gasteiger partial charge in [-0.05, 0) is 31.5 Å². The first kappa shape index (κ1) is 18.9. The molecule has 1 atom stereocenters. The van der Waals surface area contributed by atoms with Gasteiger partial charge in [-0.15, -0.1) is 0 Å². The number of anilines is 1. The van der Waals surface area contributed by atoms with Crippen LogP contribution in [-0.4, -0.2) is 46.0 Å². The number of hydrogen-bond acceptors (Lipinski definition) is 6. The van der Waals surface area contributed by atoms with E-state index in [1.54, 1.807) is 13.3 Å². The highest BCUT2D eigenvalue weighted by Crippen LogP contribution is 2.30. The molecule has 0 saturated heterocycles. The first-order valence-corrected chi connectivity index (χ1v) is 10.7. The number of aromatic amines is 1. The molecule has 1 aliphatic heterocycles. The predicted molar refractivity (Wildman–Crippen MR) is 109 cm³/mol. The Hall–Kier alpha value is -2.45. The fourth-order valence-electron chi connectivity index (χ4n) is 3.40. The van der Waals surface area contributed by atoms with Crippen LogP contribution in [0.1, 0.15) is 23.2 Å². The monoisotopic (exact) mass is 400 g/mol. The Morgan fingerprint density at radius 2 is 2.14 bits per heavy atom. The molecule has 0 aliphatic carbocycles. The number of hydrogen-bond donors (Lipinski definition) is 2. The summed E-state index contributed by atoms with van der Waals surface area (Å²) in [6.45, 7) is 4.10. The van der Waals surface area contributed by atoms with Gasteiger partial charge in [-0.2, -0.15) is 0 Å². The number of fused-ring (bicyclic) bond motifs is 3. The van der Waals surface area contributed by atoms with Gasteiger partial charge in [0.05, 0.1) is 39.9 Å². The van der Waals surface area contributed by atoms with Crippen molar-refractivity contribution in [2.24, 2.45) is 0 Å². The lowest BCUT2D eigenvalue weighted by Crippen LogP contribution is -2.06. The minimum atomic E-state index is -1.32. The summed E-state index contributed by atoms with van der Waals surface area (Å²) < 4.78 is 23.8. The van der Waals surface area contributed by atoms with Crippen molar-refractivity contribution in [1.29, 1.82) is 0 Å². The zero-order chi connectivity index (χ0) is 19.5. The van der Waals surface area contributed by atoms with Crippen LogP contribution >= 0.6 is 0 Å². The van der Waals surface area contributed by atoms with Crippen molar-refractivity contribution in [2.45, 2.75) is 30.7 Å². The van der Waals surface area contributed by atoms with Crippen molar-refractivity contribution in [3.05, 3.63) is 41.2 Å². The summed E-state index contributed by atoms with van der Waals surface area (Å²) in [6, 6.07) is 5.87. The zero-order valence-corrected chi connectivity index (χ0v) is 16.9. The van der Waals surface area contributed by atoms with Crippen LogP contribution in [0.5, 0.6) is 5.75 Å². The highest BCUT2D eigenvalue weighted by molar-refractivity contribution is 7.84. The standard InChI is InChI=1S/C20H24N4O3S/c1-13-17(22-9-7-18(13)27-11-3-10-26-2)12-28(25)20-23-16-5-4-15-14(6-8-21-15)19(16)24-20/h4-5,7,9,21H,3,6,8,10-12H2,1-2H3,(H,23,24). The van der Waals surface area contributed by atoms with Crippen molar-refractivity contribution in [1.82, 2.24) is 15.0 Å². The Morgan fingerprint density at radius 3 is 3.00 bits per heavy atom. The molecule has 0 radical (unpaired) electrons. The predicted octanol–water partition coefficient (Wildman–Crippen LogP) is 2.96. The third-order valence-corrected chi connectivity index (χ3v) is 6.08. The number of methoxy groups -OCH3 is 1. The smallest absolute Gasteiger partial charge is 0.197 e. The maximum Gasteiger partial charge on any atom is 0.197 e. The van der Waals surface area contributed by atoms with E-state index >= 15 is 0 Å². The number of aromatic nitrogens is 3. The Bertz CT molecular complexity index is 1020. The van der Waals surface area contributed by atoms with E-state index in [-0.39, 0.29) is 0 Å². The van der Waals surface area contributed by atoms with Crippen molar-refractivity contribution in [3.63, 3.8) is 0 Å². The molecule has 0 saturated carbocycles. The number of H-pyrrole nitrogens is 1. The summed E-state index contributed by atoms with van der Waals surface area (Å²) in [6.07, 6.45) is 3.45. The molecule has 4 rings (SSSR count). The molecule has 0 spiro atoms. The molecule has 0 fully saturated rings. The molecule has 0 bridgehead atoms. The molecule has 148 valence electrons. The van der Waals surface area contributed by atoms with Crippen molar-refractivity contribution in [3.8, 4) is 5.75 Å². The molecule has 3 aromatic rings. The second-order valence-electron chi connectivity index (χ2n) is 6.77. The lowest BCUT2D eigenvalue weighted by atomic mass is 10.1. The molecule has 28 heavy (non-hydrogen) atoms. The van der Waals surface area contributed by atoms with Gasteiger partial charge in [0.15, 0.2) is 5.16 Å². The maximum atomic E-state index is 13.0. The lowest BCUT2D eigenvalue weighted by molar-refractivity contribution is 0.172. The van der Waals surface area contributed by atoms with Crippen LogP contribution in [-0.2, 0) is 27.7 Å². The molecule has 0 amide bonds. The zero-order valence-electron chi connectivity index (χ0n) is 16.1. The van der Waals surface area contributed by atoms with E-state index in [0.717, 1.165) is 53.1 Å². The van der Waals surface area contributed by atoms with E-state index in [2.05, 4.69) is 20.3 Å². The average Bonchev–Trinajstić information content (AvgIpc) is 3.34. The number of benzene rings is 1. The van der Waals surface area contributed by atoms with Crippen LogP contribution in [0.15, 0.2) is 29.6 Å². The minimum absolute atomic E-state index is 0.293. The highest BCUT2D eigenvalue weighted by Gasteiger charge is 2.19. The molecule has 1 aromatic carbocycles. The van der Waals surface area contributed by atoms with Crippen LogP contribution in [0.25, 0.3) is 11.0 Å². The molecule has 7 nitrogen and oxygen atoms in total. The van der Waals surface area contributed by atoms with Crippen LogP contribution in [0.3, 0.4) is 0 Å². The number of nitrogens with zero attached hydrogens (tertiary/aromatic N) is 2. The van der Waals surface area contributed by atoms with Crippen molar-refractivity contribution < 1.29 is 13.7 Å². The first-order valence-electron chi connectivity index (χ1n) is 9.37. The minimum Gasteiger partial charge on any atom is -0.493 e. The van der Waals surface area contributed by atoms with Crippen LogP contribution in [0.4, 0.5) is 5.69 Å². The Kier molecular flexibility index (Phi) is 5.59. The second kappa shape index (κ2) is 8.28. The van der Waals surface area contributed by atoms with Crippen molar-refractivity contribution >= 4 is 27.5 Å². The normalized spacial score (nSPS) is 14.1. The van der Waals surface area contributed by atoms with Gasteiger partial charge in [0.1, 0.15) is 5.75 Å². The van der Waals surface area contributed by atoms with Crippen LogP contribution in [0.2, 0.25) is 0 Å². The highest BCUT2D eigenvalue weighted by atomic mass is 32.2. The van der Waals surface area contributed by atoms with Crippen molar-refractivity contribution in [2.75, 3.05) is 32.2 Å². The van der Waals surface area contributed by atoms with E-state index in [0.29, 0.717) is 24.1 Å². The van der Waals surface area contributed by atoms with Gasteiger partial charge >= 0.3 is 0 Å². The van der Waals surface area contributed by atoms with E-state index in [9.17, 15) is 4.21 Å². The Balaban J connectivity index is 1.51. The molecule has 2 N–H and O–H groups in total. The lowest BCUT2D eigenvalue weighted by Gasteiger charge is -2.11. The van der Waals surface area contributed by atoms with Crippen LogP contribution < -0.4 is 10.1 Å². The summed E-state index contributed by atoms with van der Waals surface area (Å²) in [7, 11) is 0.359. The Morgan fingerprint density at radius 1 is 1.25 bits per heavy atom. The van der Waals surface area contributed by atoms with Gasteiger partial charge in [-0.1, -0.05) is 0 Å². The van der Waals surface area contributed by atoms with Gasteiger partial charge in [-0.3, -0.25) is 9.19 Å². The number of nitrogens with one attached hydrogen (secondary N) is 2. The van der Waals surface area contributed by atoms with Gasteiger partial charge in [-0.25, -0.2) is 4.98 Å². The van der Waals surface area contributed by atoms with Crippen LogP contribution in [0, 0.1) is 6.92 Å². The summed E-state index contributed by atoms with van der Waals surface area (Å²) in [5.41, 5.74) is 5.81. The average molecular weight is 401 g/mol. The van der Waals surface area contributed by atoms with E-state index in [1.165, 1.54) is 5.56 Å². The quantitative estimate of drug-likeness (QED) is 0.565. The topological polar surface area (TPSA) is 89.1 Å². The fourth-order valence-corrected chi connectivity index (χ4v) is 4.49. The fraction of sp³-hybridized carbons (Fsp3) is 0.400. The largest absolute Gasteiger partial charge is 0.493 e. The number of rotatable bonds is 8. The molecule has 2 aromatic heterocycles. The summed E-state index contributed by atoms with van der Waals surface area (Å²) >= 11 is 0. The first-order chi connectivity index (χ1) is 13.7. The van der Waals surface area contributed by atoms with Gasteiger partial charge in [0.25, 0.3) is 0 Å². The number of pyridine rings is 1. The third-order valence-electron chi connectivity index (χ3n) is 4.92. The van der Waals surface area contributed by atoms with Gasteiger partial charge in [0, 0.05) is 49.7 Å².